The number of ether oxygens (including phenoxy) is 2. The lowest BCUT2D eigenvalue weighted by Crippen LogP contribution is -2.37. The Morgan fingerprint density at radius 1 is 1.11 bits per heavy atom. The minimum absolute atomic E-state index is 0.0618. The van der Waals surface area contributed by atoms with Crippen LogP contribution in [-0.4, -0.2) is 39.3 Å². The molecular weight excluding hydrogens is 372 g/mol. The Morgan fingerprint density at radius 3 is 2.74 bits per heavy atom. The third-order valence-electron chi connectivity index (χ3n) is 4.33. The van der Waals surface area contributed by atoms with Gasteiger partial charge in [0.1, 0.15) is 6.54 Å². The van der Waals surface area contributed by atoms with Crippen molar-refractivity contribution in [2.75, 3.05) is 29.3 Å². The SMILES string of the molecule is O=C(CN1C(=O)CCS(=O)(=O)c2ccccc21)Nc1ccc2c(c1)OCO2. The number of benzene rings is 2. The van der Waals surface area contributed by atoms with Crippen LogP contribution in [0, 0.1) is 0 Å². The summed E-state index contributed by atoms with van der Waals surface area (Å²) in [7, 11) is -3.57. The lowest BCUT2D eigenvalue weighted by Gasteiger charge is -2.21. The van der Waals surface area contributed by atoms with Gasteiger partial charge in [-0.25, -0.2) is 8.42 Å². The van der Waals surface area contributed by atoms with Gasteiger partial charge in [0.15, 0.2) is 21.3 Å². The largest absolute Gasteiger partial charge is 0.454 e. The highest BCUT2D eigenvalue weighted by Crippen LogP contribution is 2.34. The van der Waals surface area contributed by atoms with Crippen LogP contribution in [0.25, 0.3) is 0 Å². The molecule has 0 aliphatic carbocycles. The van der Waals surface area contributed by atoms with Crippen molar-refractivity contribution in [2.24, 2.45) is 0 Å². The molecule has 2 aromatic carbocycles. The predicted molar refractivity (Wildman–Crippen MR) is 96.7 cm³/mol. The molecule has 27 heavy (non-hydrogen) atoms. The third kappa shape index (κ3) is 3.33. The Labute approximate surface area is 155 Å². The van der Waals surface area contributed by atoms with Crippen LogP contribution in [0.5, 0.6) is 11.5 Å². The molecule has 9 heteroatoms. The number of carbonyl (C=O) groups is 2. The van der Waals surface area contributed by atoms with Gasteiger partial charge >= 0.3 is 0 Å². The van der Waals surface area contributed by atoms with E-state index in [-0.39, 0.29) is 36.1 Å². The summed E-state index contributed by atoms with van der Waals surface area (Å²) in [6, 6.07) is 11.2. The smallest absolute Gasteiger partial charge is 0.244 e. The molecule has 0 saturated heterocycles. The molecule has 1 N–H and O–H groups in total. The Bertz CT molecular complexity index is 1030. The van der Waals surface area contributed by atoms with Crippen LogP contribution in [-0.2, 0) is 19.4 Å². The van der Waals surface area contributed by atoms with Crippen LogP contribution in [0.4, 0.5) is 11.4 Å². The van der Waals surface area contributed by atoms with Crippen molar-refractivity contribution in [2.45, 2.75) is 11.3 Å². The molecule has 0 fully saturated rings. The summed E-state index contributed by atoms with van der Waals surface area (Å²) < 4.78 is 35.2. The highest BCUT2D eigenvalue weighted by molar-refractivity contribution is 7.91. The Kier molecular flexibility index (Phi) is 4.23. The lowest BCUT2D eigenvalue weighted by atomic mass is 10.2. The van der Waals surface area contributed by atoms with E-state index in [0.29, 0.717) is 17.2 Å². The zero-order chi connectivity index (χ0) is 19.0. The standard InChI is InChI=1S/C18H16N2O6S/c21-17(19-12-5-6-14-15(9-12)26-11-25-14)10-20-13-3-1-2-4-16(13)27(23,24)8-7-18(20)22/h1-6,9H,7-8,10-11H2,(H,19,21). The zero-order valence-electron chi connectivity index (χ0n) is 14.2. The zero-order valence-corrected chi connectivity index (χ0v) is 15.0. The number of nitrogens with one attached hydrogen (secondary N) is 1. The first-order chi connectivity index (χ1) is 12.9. The highest BCUT2D eigenvalue weighted by atomic mass is 32.2. The van der Waals surface area contributed by atoms with E-state index in [1.54, 1.807) is 30.3 Å². The number of nitrogens with zero attached hydrogens (tertiary/aromatic N) is 1. The maximum atomic E-state index is 12.5. The van der Waals surface area contributed by atoms with Crippen molar-refractivity contribution in [1.29, 1.82) is 0 Å². The molecule has 0 saturated carbocycles. The van der Waals surface area contributed by atoms with E-state index in [0.717, 1.165) is 0 Å². The number of carbonyl (C=O) groups excluding carboxylic acids is 2. The maximum Gasteiger partial charge on any atom is 0.244 e. The molecule has 2 heterocycles. The number of anilines is 2. The molecule has 2 aliphatic heterocycles. The molecule has 0 aromatic heterocycles. The van der Waals surface area contributed by atoms with E-state index in [9.17, 15) is 18.0 Å². The van der Waals surface area contributed by atoms with E-state index in [4.69, 9.17) is 9.47 Å². The van der Waals surface area contributed by atoms with Gasteiger partial charge in [0.2, 0.25) is 18.6 Å². The molecule has 140 valence electrons. The normalized spacial score (nSPS) is 17.2. The monoisotopic (exact) mass is 388 g/mol. The molecule has 4 rings (SSSR count). The summed E-state index contributed by atoms with van der Waals surface area (Å²) in [5, 5.41) is 2.69. The minimum Gasteiger partial charge on any atom is -0.454 e. The average molecular weight is 388 g/mol. The summed E-state index contributed by atoms with van der Waals surface area (Å²) in [6.07, 6.45) is -0.172. The molecule has 2 aliphatic rings. The number of sulfone groups is 1. The fourth-order valence-corrected chi connectivity index (χ4v) is 4.48. The Balaban J connectivity index is 1.57. The quantitative estimate of drug-likeness (QED) is 0.856. The fraction of sp³-hybridized carbons (Fsp3) is 0.222. The molecule has 0 unspecified atom stereocenters. The Morgan fingerprint density at radius 2 is 1.89 bits per heavy atom. The summed E-state index contributed by atoms with van der Waals surface area (Å²) in [5.74, 6) is -0.0195. The fourth-order valence-electron chi connectivity index (χ4n) is 3.04. The van der Waals surface area contributed by atoms with Crippen LogP contribution in [0.1, 0.15) is 6.42 Å². The van der Waals surface area contributed by atoms with Gasteiger partial charge in [-0.3, -0.25) is 9.59 Å². The van der Waals surface area contributed by atoms with Gasteiger partial charge in [-0.1, -0.05) is 12.1 Å². The van der Waals surface area contributed by atoms with Gasteiger partial charge in [0, 0.05) is 18.2 Å². The first-order valence-corrected chi connectivity index (χ1v) is 9.91. The van der Waals surface area contributed by atoms with Crippen LogP contribution in [0.15, 0.2) is 47.4 Å². The summed E-state index contributed by atoms with van der Waals surface area (Å²) >= 11 is 0. The lowest BCUT2D eigenvalue weighted by molar-refractivity contribution is -0.121. The molecule has 2 aromatic rings. The van der Waals surface area contributed by atoms with Crippen molar-refractivity contribution in [3.8, 4) is 11.5 Å². The van der Waals surface area contributed by atoms with Gasteiger partial charge in [-0.15, -0.1) is 0 Å². The van der Waals surface area contributed by atoms with Gasteiger partial charge in [0.25, 0.3) is 0 Å². The van der Waals surface area contributed by atoms with Crippen molar-refractivity contribution < 1.29 is 27.5 Å². The maximum absolute atomic E-state index is 12.5. The minimum atomic E-state index is -3.57. The summed E-state index contributed by atoms with van der Waals surface area (Å²) in [5.41, 5.74) is 0.716. The third-order valence-corrected chi connectivity index (χ3v) is 6.09. The van der Waals surface area contributed by atoms with Gasteiger partial charge in [-0.2, -0.15) is 0 Å². The first kappa shape index (κ1) is 17.3. The molecule has 0 atom stereocenters. The second kappa shape index (κ2) is 6.58. The van der Waals surface area contributed by atoms with Gasteiger partial charge < -0.3 is 19.7 Å². The van der Waals surface area contributed by atoms with Crippen LogP contribution < -0.4 is 19.7 Å². The van der Waals surface area contributed by atoms with Crippen LogP contribution in [0.3, 0.4) is 0 Å². The number of fused-ring (bicyclic) bond motifs is 2. The second-order valence-electron chi connectivity index (χ2n) is 6.13. The number of hydrogen-bond donors (Lipinski definition) is 1. The van der Waals surface area contributed by atoms with Gasteiger partial charge in [0.05, 0.1) is 16.3 Å². The average Bonchev–Trinajstić information content (AvgIpc) is 3.09. The first-order valence-electron chi connectivity index (χ1n) is 8.26. The van der Waals surface area contributed by atoms with E-state index < -0.39 is 21.7 Å². The number of para-hydroxylation sites is 1. The van der Waals surface area contributed by atoms with Gasteiger partial charge in [-0.05, 0) is 24.3 Å². The molecule has 8 nitrogen and oxygen atoms in total. The number of amides is 2. The van der Waals surface area contributed by atoms with Crippen LogP contribution >= 0.6 is 0 Å². The van der Waals surface area contributed by atoms with Crippen molar-refractivity contribution >= 4 is 33.0 Å². The van der Waals surface area contributed by atoms with E-state index in [1.165, 1.54) is 17.0 Å². The number of rotatable bonds is 3. The topological polar surface area (TPSA) is 102 Å². The molecule has 2 amide bonds. The van der Waals surface area contributed by atoms with Crippen LogP contribution in [0.2, 0.25) is 0 Å². The predicted octanol–water partition coefficient (Wildman–Crippen LogP) is 1.56. The Hall–Kier alpha value is -3.07. The van der Waals surface area contributed by atoms with E-state index in [1.807, 2.05) is 0 Å². The summed E-state index contributed by atoms with van der Waals surface area (Å²) in [6.45, 7) is -0.167. The summed E-state index contributed by atoms with van der Waals surface area (Å²) in [4.78, 5) is 26.2. The van der Waals surface area contributed by atoms with Crippen molar-refractivity contribution in [1.82, 2.24) is 0 Å². The van der Waals surface area contributed by atoms with Crippen molar-refractivity contribution in [3.63, 3.8) is 0 Å². The molecule has 0 spiro atoms. The molecule has 0 radical (unpaired) electrons. The number of hydrogen-bond acceptors (Lipinski definition) is 6. The molecular formula is C18H16N2O6S. The van der Waals surface area contributed by atoms with E-state index >= 15 is 0 Å². The highest BCUT2D eigenvalue weighted by Gasteiger charge is 2.31. The van der Waals surface area contributed by atoms with Crippen molar-refractivity contribution in [3.05, 3.63) is 42.5 Å². The van der Waals surface area contributed by atoms with E-state index in [2.05, 4.69) is 5.32 Å². The second-order valence-corrected chi connectivity index (χ2v) is 8.21. The molecule has 0 bridgehead atoms.